The minimum atomic E-state index is -1.49. The normalized spacial score (nSPS) is 14.1. The summed E-state index contributed by atoms with van der Waals surface area (Å²) < 4.78 is 10.5. The van der Waals surface area contributed by atoms with Gasteiger partial charge in [0.2, 0.25) is 6.79 Å². The Morgan fingerprint density at radius 1 is 1.18 bits per heavy atom. The summed E-state index contributed by atoms with van der Waals surface area (Å²) in [6.07, 6.45) is 0. The molecule has 1 aliphatic rings. The number of carbonyl (C=O) groups is 2. The topological polar surface area (TPSA) is 140 Å². The van der Waals surface area contributed by atoms with Crippen LogP contribution in [0, 0.1) is 10.1 Å². The molecule has 2 aromatic carbocycles. The van der Waals surface area contributed by atoms with Crippen molar-refractivity contribution in [2.45, 2.75) is 12.5 Å². The van der Waals surface area contributed by atoms with Gasteiger partial charge in [-0.1, -0.05) is 18.2 Å². The monoisotopic (exact) mass is 387 g/mol. The average molecular weight is 387 g/mol. The summed E-state index contributed by atoms with van der Waals surface area (Å²) in [5, 5.41) is 26.1. The van der Waals surface area contributed by atoms with Crippen molar-refractivity contribution < 1.29 is 29.1 Å². The summed E-state index contributed by atoms with van der Waals surface area (Å²) in [4.78, 5) is 34.4. The maximum absolute atomic E-state index is 12.0. The number of ether oxygens (including phenoxy) is 2. The van der Waals surface area contributed by atoms with Crippen molar-refractivity contribution in [3.05, 3.63) is 58.1 Å². The van der Waals surface area contributed by atoms with Crippen LogP contribution in [-0.4, -0.2) is 35.2 Å². The van der Waals surface area contributed by atoms with E-state index >= 15 is 0 Å². The summed E-state index contributed by atoms with van der Waals surface area (Å²) in [5.74, 6) is -1.11. The molecule has 0 aromatic heterocycles. The number of aliphatic hydroxyl groups is 1. The minimum absolute atomic E-state index is 0.0868. The molecule has 0 radical (unpaired) electrons. The molecule has 1 heterocycles. The number of amides is 2. The van der Waals surface area contributed by atoms with Gasteiger partial charge in [0.05, 0.1) is 11.5 Å². The molecule has 0 saturated heterocycles. The lowest BCUT2D eigenvalue weighted by molar-refractivity contribution is -0.383. The molecule has 3 rings (SSSR count). The highest BCUT2D eigenvalue weighted by Crippen LogP contribution is 2.35. The first kappa shape index (κ1) is 19.1. The third-order valence-electron chi connectivity index (χ3n) is 4.14. The first-order chi connectivity index (χ1) is 13.3. The van der Waals surface area contributed by atoms with Gasteiger partial charge < -0.3 is 25.2 Å². The molecule has 0 fully saturated rings. The van der Waals surface area contributed by atoms with Crippen LogP contribution in [0.4, 0.5) is 11.4 Å². The van der Waals surface area contributed by atoms with Crippen LogP contribution in [-0.2, 0) is 15.2 Å². The standard InChI is InChI=1S/C18H17N3O7/c1-18(24,11-6-7-14-15(8-11)28-10-27-14)9-19-16(22)17(23)20-12-4-2-3-5-13(12)21(25)26/h2-8,24H,9-10H2,1H3,(H,19,22)(H,20,23). The number of benzene rings is 2. The highest BCUT2D eigenvalue weighted by Gasteiger charge is 2.28. The quantitative estimate of drug-likeness (QED) is 0.399. The highest BCUT2D eigenvalue weighted by atomic mass is 16.7. The molecule has 10 heteroatoms. The molecule has 28 heavy (non-hydrogen) atoms. The minimum Gasteiger partial charge on any atom is -0.454 e. The Labute approximate surface area is 159 Å². The lowest BCUT2D eigenvalue weighted by atomic mass is 9.95. The summed E-state index contributed by atoms with van der Waals surface area (Å²) in [6, 6.07) is 10.3. The lowest BCUT2D eigenvalue weighted by Gasteiger charge is -2.24. The van der Waals surface area contributed by atoms with E-state index in [1.165, 1.54) is 31.2 Å². The van der Waals surface area contributed by atoms with Gasteiger partial charge in [0.25, 0.3) is 5.69 Å². The Morgan fingerprint density at radius 2 is 1.89 bits per heavy atom. The maximum atomic E-state index is 12.0. The van der Waals surface area contributed by atoms with E-state index in [0.29, 0.717) is 17.1 Å². The second-order valence-electron chi connectivity index (χ2n) is 6.25. The third-order valence-corrected chi connectivity index (χ3v) is 4.14. The first-order valence-corrected chi connectivity index (χ1v) is 8.23. The number of nitrogens with one attached hydrogen (secondary N) is 2. The highest BCUT2D eigenvalue weighted by molar-refractivity contribution is 6.39. The van der Waals surface area contributed by atoms with E-state index in [1.807, 2.05) is 0 Å². The Hall–Kier alpha value is -3.66. The summed E-state index contributed by atoms with van der Waals surface area (Å²) in [5.41, 5.74) is -1.47. The zero-order chi connectivity index (χ0) is 20.3. The number of hydrogen-bond acceptors (Lipinski definition) is 7. The molecule has 3 N–H and O–H groups in total. The largest absolute Gasteiger partial charge is 0.454 e. The number of rotatable bonds is 5. The van der Waals surface area contributed by atoms with E-state index in [1.54, 1.807) is 18.2 Å². The molecule has 0 saturated carbocycles. The number of para-hydroxylation sites is 2. The Balaban J connectivity index is 1.63. The van der Waals surface area contributed by atoms with Crippen LogP contribution < -0.4 is 20.1 Å². The number of anilines is 1. The zero-order valence-electron chi connectivity index (χ0n) is 14.8. The van der Waals surface area contributed by atoms with Gasteiger partial charge in [-0.2, -0.15) is 0 Å². The Bertz CT molecular complexity index is 943. The van der Waals surface area contributed by atoms with Crippen LogP contribution >= 0.6 is 0 Å². The lowest BCUT2D eigenvalue weighted by Crippen LogP contribution is -2.43. The van der Waals surface area contributed by atoms with Crippen molar-refractivity contribution in [3.63, 3.8) is 0 Å². The van der Waals surface area contributed by atoms with Crippen molar-refractivity contribution in [2.75, 3.05) is 18.7 Å². The molecule has 0 aliphatic carbocycles. The van der Waals surface area contributed by atoms with E-state index in [9.17, 15) is 24.8 Å². The predicted octanol–water partition coefficient (Wildman–Crippen LogP) is 1.29. The van der Waals surface area contributed by atoms with E-state index in [2.05, 4.69) is 10.6 Å². The van der Waals surface area contributed by atoms with Crippen molar-refractivity contribution in [1.29, 1.82) is 0 Å². The van der Waals surface area contributed by atoms with Crippen LogP contribution in [0.2, 0.25) is 0 Å². The van der Waals surface area contributed by atoms with E-state index in [4.69, 9.17) is 9.47 Å². The van der Waals surface area contributed by atoms with Crippen molar-refractivity contribution in [2.24, 2.45) is 0 Å². The first-order valence-electron chi connectivity index (χ1n) is 8.23. The molecule has 2 aromatic rings. The molecule has 1 unspecified atom stereocenters. The number of carbonyl (C=O) groups excluding carboxylic acids is 2. The second-order valence-corrected chi connectivity index (χ2v) is 6.25. The molecular weight excluding hydrogens is 370 g/mol. The number of fused-ring (bicyclic) bond motifs is 1. The van der Waals surface area contributed by atoms with Gasteiger partial charge in [-0.25, -0.2) is 0 Å². The van der Waals surface area contributed by atoms with Crippen molar-refractivity contribution in [1.82, 2.24) is 5.32 Å². The van der Waals surface area contributed by atoms with E-state index < -0.39 is 22.3 Å². The second kappa shape index (κ2) is 7.53. The SMILES string of the molecule is CC(O)(CNC(=O)C(=O)Nc1ccccc1[N+](=O)[O-])c1ccc2c(c1)OCO2. The summed E-state index contributed by atoms with van der Waals surface area (Å²) in [7, 11) is 0. The van der Waals surface area contributed by atoms with E-state index in [0.717, 1.165) is 0 Å². The predicted molar refractivity (Wildman–Crippen MR) is 96.9 cm³/mol. The summed E-state index contributed by atoms with van der Waals surface area (Å²) >= 11 is 0. The average Bonchev–Trinajstić information content (AvgIpc) is 3.14. The van der Waals surface area contributed by atoms with Crippen molar-refractivity contribution in [3.8, 4) is 11.5 Å². The van der Waals surface area contributed by atoms with Gasteiger partial charge in [0.15, 0.2) is 11.5 Å². The van der Waals surface area contributed by atoms with Crippen LogP contribution in [0.25, 0.3) is 0 Å². The van der Waals surface area contributed by atoms with Crippen molar-refractivity contribution >= 4 is 23.2 Å². The van der Waals surface area contributed by atoms with Gasteiger partial charge in [0.1, 0.15) is 11.3 Å². The van der Waals surface area contributed by atoms with Crippen LogP contribution in [0.15, 0.2) is 42.5 Å². The number of nitro benzene ring substituents is 1. The number of hydrogen-bond donors (Lipinski definition) is 3. The Morgan fingerprint density at radius 3 is 2.64 bits per heavy atom. The fourth-order valence-electron chi connectivity index (χ4n) is 2.58. The molecule has 2 amide bonds. The number of nitro groups is 1. The van der Waals surface area contributed by atoms with Gasteiger partial charge in [-0.05, 0) is 30.7 Å². The number of nitrogens with zero attached hydrogens (tertiary/aromatic N) is 1. The summed E-state index contributed by atoms with van der Waals surface area (Å²) in [6.45, 7) is 1.28. The van der Waals surface area contributed by atoms with Gasteiger partial charge in [-0.15, -0.1) is 0 Å². The molecule has 0 bridgehead atoms. The van der Waals surface area contributed by atoms with Gasteiger partial charge in [-0.3, -0.25) is 19.7 Å². The molecule has 1 atom stereocenters. The molecule has 146 valence electrons. The molecule has 1 aliphatic heterocycles. The molecule has 0 spiro atoms. The zero-order valence-corrected chi connectivity index (χ0v) is 14.8. The van der Waals surface area contributed by atoms with Gasteiger partial charge >= 0.3 is 11.8 Å². The maximum Gasteiger partial charge on any atom is 0.313 e. The molecular formula is C18H17N3O7. The smallest absolute Gasteiger partial charge is 0.313 e. The molecule has 10 nitrogen and oxygen atoms in total. The fraction of sp³-hybridized carbons (Fsp3) is 0.222. The van der Waals surface area contributed by atoms with Gasteiger partial charge in [0, 0.05) is 6.07 Å². The van der Waals surface area contributed by atoms with Crippen LogP contribution in [0.5, 0.6) is 11.5 Å². The van der Waals surface area contributed by atoms with E-state index in [-0.39, 0.29) is 24.7 Å². The van der Waals surface area contributed by atoms with Crippen LogP contribution in [0.3, 0.4) is 0 Å². The Kier molecular flexibility index (Phi) is 5.14. The van der Waals surface area contributed by atoms with Crippen LogP contribution in [0.1, 0.15) is 12.5 Å². The fourth-order valence-corrected chi connectivity index (χ4v) is 2.58. The third kappa shape index (κ3) is 4.01.